The predicted octanol–water partition coefficient (Wildman–Crippen LogP) is 2.56. The van der Waals surface area contributed by atoms with Crippen LogP contribution in [-0.4, -0.2) is 48.0 Å². The maximum absolute atomic E-state index is 13.8. The second kappa shape index (κ2) is 8.97. The molecule has 33 heavy (non-hydrogen) atoms. The third-order valence-corrected chi connectivity index (χ3v) is 7.87. The number of amides is 3. The van der Waals surface area contributed by atoms with Crippen LogP contribution in [0.25, 0.3) is 0 Å². The van der Waals surface area contributed by atoms with Gasteiger partial charge in [-0.15, -0.1) is 11.3 Å². The molecule has 0 spiro atoms. The van der Waals surface area contributed by atoms with Gasteiger partial charge >= 0.3 is 0 Å². The van der Waals surface area contributed by atoms with Gasteiger partial charge in [-0.25, -0.2) is 0 Å². The third-order valence-electron chi connectivity index (χ3n) is 6.63. The molecule has 2 unspecified atom stereocenters. The summed E-state index contributed by atoms with van der Waals surface area (Å²) < 4.78 is 0. The first-order valence-corrected chi connectivity index (χ1v) is 11.9. The van der Waals surface area contributed by atoms with Gasteiger partial charge in [0.25, 0.3) is 11.8 Å². The number of hydrogen-bond acceptors (Lipinski definition) is 6. The summed E-state index contributed by atoms with van der Waals surface area (Å²) in [6.45, 7) is 3.10. The van der Waals surface area contributed by atoms with Crippen molar-refractivity contribution in [3.8, 4) is 0 Å². The Bertz CT molecular complexity index is 1130. The monoisotopic (exact) mass is 467 g/mol. The third kappa shape index (κ3) is 4.37. The highest BCUT2D eigenvalue weighted by molar-refractivity contribution is 7.14. The molecule has 1 aliphatic carbocycles. The molecule has 5 N–H and O–H groups in total. The summed E-state index contributed by atoms with van der Waals surface area (Å²) in [6, 6.07) is 6.67. The smallest absolute Gasteiger partial charge is 0.261 e. The van der Waals surface area contributed by atoms with Crippen LogP contribution in [0.1, 0.15) is 62.2 Å². The van der Waals surface area contributed by atoms with E-state index in [9.17, 15) is 14.4 Å². The first-order valence-electron chi connectivity index (χ1n) is 11.1. The predicted molar refractivity (Wildman–Crippen MR) is 129 cm³/mol. The molecule has 1 aromatic heterocycles. The van der Waals surface area contributed by atoms with Crippen LogP contribution in [0.5, 0.6) is 0 Å². The minimum atomic E-state index is -0.958. The van der Waals surface area contributed by atoms with E-state index in [0.29, 0.717) is 60.0 Å². The average molecular weight is 468 g/mol. The van der Waals surface area contributed by atoms with Gasteiger partial charge in [-0.05, 0) is 61.4 Å². The second-order valence-corrected chi connectivity index (χ2v) is 10.1. The van der Waals surface area contributed by atoms with Crippen molar-refractivity contribution < 1.29 is 14.4 Å². The van der Waals surface area contributed by atoms with Crippen molar-refractivity contribution in [1.29, 1.82) is 5.41 Å². The standard InChI is InChI=1S/C24H29N5O3S/c1-14-5-7-24(11-14,28-21(30)15-3-4-18(26)16(9-15)12-25)23(32)29-8-6-19-17(13-29)10-20(33-19)22(31)27-2/h3-4,9-10,12,14,25H,5-8,11,13,26H2,1-2H3,(H,27,31)(H,28,30). The number of rotatable bonds is 5. The van der Waals surface area contributed by atoms with E-state index in [0.717, 1.165) is 23.1 Å². The Morgan fingerprint density at radius 3 is 2.73 bits per heavy atom. The first kappa shape index (κ1) is 23.0. The molecule has 1 fully saturated rings. The highest BCUT2D eigenvalue weighted by atomic mass is 32.1. The number of nitrogens with one attached hydrogen (secondary N) is 3. The van der Waals surface area contributed by atoms with Crippen molar-refractivity contribution in [3.05, 3.63) is 50.7 Å². The number of thiophene rings is 1. The molecule has 174 valence electrons. The fourth-order valence-electron chi connectivity index (χ4n) is 4.83. The quantitative estimate of drug-likeness (QED) is 0.398. The maximum Gasteiger partial charge on any atom is 0.261 e. The van der Waals surface area contributed by atoms with Gasteiger partial charge in [-0.1, -0.05) is 6.92 Å². The molecule has 1 saturated carbocycles. The second-order valence-electron chi connectivity index (χ2n) is 8.99. The summed E-state index contributed by atoms with van der Waals surface area (Å²) >= 11 is 1.48. The Kier molecular flexibility index (Phi) is 6.25. The molecule has 4 rings (SSSR count). The van der Waals surface area contributed by atoms with Crippen LogP contribution in [0.2, 0.25) is 0 Å². The topological polar surface area (TPSA) is 128 Å². The Hall–Kier alpha value is -3.20. The van der Waals surface area contributed by atoms with Crippen molar-refractivity contribution in [2.24, 2.45) is 5.92 Å². The van der Waals surface area contributed by atoms with Crippen LogP contribution >= 0.6 is 11.3 Å². The van der Waals surface area contributed by atoms with Crippen LogP contribution in [0, 0.1) is 11.3 Å². The maximum atomic E-state index is 13.8. The van der Waals surface area contributed by atoms with Crippen LogP contribution in [0.4, 0.5) is 5.69 Å². The zero-order valence-corrected chi connectivity index (χ0v) is 19.7. The lowest BCUT2D eigenvalue weighted by Crippen LogP contribution is -2.59. The van der Waals surface area contributed by atoms with Gasteiger partial charge in [-0.3, -0.25) is 14.4 Å². The van der Waals surface area contributed by atoms with E-state index in [1.807, 2.05) is 11.0 Å². The molecule has 0 radical (unpaired) electrons. The van der Waals surface area contributed by atoms with Gasteiger partial charge < -0.3 is 26.7 Å². The first-order chi connectivity index (χ1) is 15.8. The summed E-state index contributed by atoms with van der Waals surface area (Å²) in [5.74, 6) is -0.204. The normalized spacial score (nSPS) is 21.9. The molecule has 8 nitrogen and oxygen atoms in total. The highest BCUT2D eigenvalue weighted by Crippen LogP contribution is 2.38. The number of fused-ring (bicyclic) bond motifs is 1. The van der Waals surface area contributed by atoms with Crippen molar-refractivity contribution in [3.63, 3.8) is 0 Å². The molecule has 2 heterocycles. The van der Waals surface area contributed by atoms with Crippen LogP contribution in [0.3, 0.4) is 0 Å². The molecule has 2 aliphatic rings. The van der Waals surface area contributed by atoms with E-state index in [2.05, 4.69) is 17.6 Å². The molecular weight excluding hydrogens is 438 g/mol. The molecule has 2 atom stereocenters. The summed E-state index contributed by atoms with van der Waals surface area (Å²) in [4.78, 5) is 42.6. The number of nitrogen functional groups attached to an aromatic ring is 1. The molecule has 0 bridgehead atoms. The van der Waals surface area contributed by atoms with Crippen LogP contribution in [-0.2, 0) is 17.8 Å². The molecule has 0 saturated heterocycles. The van der Waals surface area contributed by atoms with E-state index in [-0.39, 0.29) is 17.7 Å². The Morgan fingerprint density at radius 2 is 2.06 bits per heavy atom. The van der Waals surface area contributed by atoms with E-state index in [1.165, 1.54) is 11.3 Å². The summed E-state index contributed by atoms with van der Waals surface area (Å²) in [5.41, 5.74) is 7.17. The number of carbonyl (C=O) groups is 3. The minimum Gasteiger partial charge on any atom is -0.398 e. The van der Waals surface area contributed by atoms with Crippen LogP contribution < -0.4 is 16.4 Å². The number of hydrogen-bond donors (Lipinski definition) is 4. The Morgan fingerprint density at radius 1 is 1.27 bits per heavy atom. The van der Waals surface area contributed by atoms with Crippen molar-refractivity contribution in [2.75, 3.05) is 19.3 Å². The number of nitrogens with zero attached hydrogens (tertiary/aromatic N) is 1. The lowest BCUT2D eigenvalue weighted by atomic mass is 9.92. The molecule has 2 aromatic rings. The van der Waals surface area contributed by atoms with Crippen molar-refractivity contribution in [1.82, 2.24) is 15.5 Å². The van der Waals surface area contributed by atoms with E-state index in [4.69, 9.17) is 11.1 Å². The minimum absolute atomic E-state index is 0.0683. The lowest BCUT2D eigenvalue weighted by Gasteiger charge is -2.37. The summed E-state index contributed by atoms with van der Waals surface area (Å²) in [6.07, 6.45) is 3.84. The molecule has 1 aliphatic heterocycles. The molecule has 3 amide bonds. The van der Waals surface area contributed by atoms with Gasteiger partial charge in [0.15, 0.2) is 0 Å². The van der Waals surface area contributed by atoms with Crippen molar-refractivity contribution in [2.45, 2.75) is 44.7 Å². The molecular formula is C24H29N5O3S. The molecule has 9 heteroatoms. The number of benzene rings is 1. The highest BCUT2D eigenvalue weighted by Gasteiger charge is 2.47. The summed E-state index contributed by atoms with van der Waals surface area (Å²) in [5, 5.41) is 13.2. The van der Waals surface area contributed by atoms with E-state index < -0.39 is 5.54 Å². The fourth-order valence-corrected chi connectivity index (χ4v) is 5.94. The Labute approximate surface area is 197 Å². The Balaban J connectivity index is 1.56. The number of carbonyl (C=O) groups excluding carboxylic acids is 3. The average Bonchev–Trinajstić information content (AvgIpc) is 3.41. The van der Waals surface area contributed by atoms with Gasteiger partial charge in [0.1, 0.15) is 5.54 Å². The summed E-state index contributed by atoms with van der Waals surface area (Å²) in [7, 11) is 1.61. The largest absolute Gasteiger partial charge is 0.398 e. The van der Waals surface area contributed by atoms with Gasteiger partial charge in [0, 0.05) is 48.0 Å². The SMILES string of the molecule is CNC(=O)c1cc2c(s1)CCN(C(=O)C1(NC(=O)c3ccc(N)c(C=N)c3)CCC(C)C1)C2. The van der Waals surface area contributed by atoms with Gasteiger partial charge in [0.05, 0.1) is 4.88 Å². The number of nitrogens with two attached hydrogens (primary N) is 1. The van der Waals surface area contributed by atoms with Crippen LogP contribution in [0.15, 0.2) is 24.3 Å². The lowest BCUT2D eigenvalue weighted by molar-refractivity contribution is -0.139. The molecule has 1 aromatic carbocycles. The van der Waals surface area contributed by atoms with Crippen molar-refractivity contribution >= 4 is 41.0 Å². The zero-order chi connectivity index (χ0) is 23.8. The van der Waals surface area contributed by atoms with Gasteiger partial charge in [-0.2, -0.15) is 0 Å². The van der Waals surface area contributed by atoms with E-state index in [1.54, 1.807) is 25.2 Å². The zero-order valence-electron chi connectivity index (χ0n) is 18.9. The van der Waals surface area contributed by atoms with E-state index >= 15 is 0 Å². The van der Waals surface area contributed by atoms with Gasteiger partial charge in [0.2, 0.25) is 5.91 Å². The fraction of sp³-hybridized carbons (Fsp3) is 0.417. The number of anilines is 1.